The van der Waals surface area contributed by atoms with Crippen molar-refractivity contribution in [1.29, 1.82) is 0 Å². The summed E-state index contributed by atoms with van der Waals surface area (Å²) in [7, 11) is 1.73. The summed E-state index contributed by atoms with van der Waals surface area (Å²) in [6.45, 7) is 5.87. The summed E-state index contributed by atoms with van der Waals surface area (Å²) in [4.78, 5) is 3.54. The molecule has 38 heavy (non-hydrogen) atoms. The monoisotopic (exact) mass is 528 g/mol. The maximum atomic E-state index is 15.3. The number of rotatable bonds is 1. The number of aryl methyl sites for hydroxylation is 1. The van der Waals surface area contributed by atoms with Crippen LogP contribution in [-0.2, 0) is 0 Å². The van der Waals surface area contributed by atoms with Crippen LogP contribution in [-0.4, -0.2) is 35.2 Å². The van der Waals surface area contributed by atoms with Crippen molar-refractivity contribution in [3.05, 3.63) is 99.1 Å². The zero-order valence-corrected chi connectivity index (χ0v) is 21.5. The zero-order valence-electron chi connectivity index (χ0n) is 21.5. The van der Waals surface area contributed by atoms with E-state index < -0.39 is 34.8 Å². The second-order valence-electron chi connectivity index (χ2n) is 11.0. The molecular weight excluding hydrogens is 502 g/mol. The van der Waals surface area contributed by atoms with Crippen molar-refractivity contribution in [2.75, 3.05) is 7.05 Å². The molecule has 2 aromatic carbocycles. The summed E-state index contributed by atoms with van der Waals surface area (Å²) in [5.41, 5.74) is -4.22. The summed E-state index contributed by atoms with van der Waals surface area (Å²) >= 11 is 0. The standard InChI is InChI=1S/C30H26F6N2/c1-16-10-9-13-19-21-17(2)14-15-20-24(21)38-25(27(3,4)28(20,29(31,32)33)30(34,35)36)23(18-11-7-6-8-12-18)37(5)26(38)22(16)19/h6-15,24H,1-5H3. The zero-order chi connectivity index (χ0) is 27.6. The fourth-order valence-electron chi connectivity index (χ4n) is 7.36. The maximum absolute atomic E-state index is 15.3. The van der Waals surface area contributed by atoms with Gasteiger partial charge in [-0.25, -0.2) is 0 Å². The van der Waals surface area contributed by atoms with Gasteiger partial charge in [-0.3, -0.25) is 0 Å². The van der Waals surface area contributed by atoms with Crippen LogP contribution in [0.25, 0.3) is 17.1 Å². The van der Waals surface area contributed by atoms with E-state index >= 15 is 26.3 Å². The molecule has 6 rings (SSSR count). The molecule has 0 radical (unpaired) electrons. The lowest BCUT2D eigenvalue weighted by Gasteiger charge is -2.60. The Balaban J connectivity index is 1.90. The Morgan fingerprint density at radius 1 is 0.816 bits per heavy atom. The van der Waals surface area contributed by atoms with Gasteiger partial charge in [-0.1, -0.05) is 74.5 Å². The molecule has 2 aromatic rings. The van der Waals surface area contributed by atoms with Gasteiger partial charge in [0.15, 0.2) is 5.41 Å². The Labute approximate surface area is 216 Å². The molecule has 0 N–H and O–H groups in total. The van der Waals surface area contributed by atoms with Gasteiger partial charge >= 0.3 is 12.4 Å². The van der Waals surface area contributed by atoms with E-state index in [1.807, 2.05) is 13.0 Å². The first kappa shape index (κ1) is 24.9. The van der Waals surface area contributed by atoms with Gasteiger partial charge in [-0.05, 0) is 46.9 Å². The molecule has 8 heteroatoms. The highest BCUT2D eigenvalue weighted by Gasteiger charge is 2.83. The van der Waals surface area contributed by atoms with Crippen LogP contribution < -0.4 is 10.4 Å². The van der Waals surface area contributed by atoms with Crippen LogP contribution in [0.4, 0.5) is 26.3 Å². The Bertz CT molecular complexity index is 1590. The Morgan fingerprint density at radius 2 is 1.45 bits per heavy atom. The molecule has 0 saturated carbocycles. The van der Waals surface area contributed by atoms with E-state index in [1.54, 1.807) is 66.2 Å². The molecule has 0 spiro atoms. The number of nitrogens with zero attached hydrogens (tertiary/aromatic N) is 2. The van der Waals surface area contributed by atoms with Gasteiger partial charge in [0, 0.05) is 17.7 Å². The highest BCUT2D eigenvalue weighted by atomic mass is 19.4. The fraction of sp³-hybridized carbons (Fsp3) is 0.333. The first-order chi connectivity index (χ1) is 17.7. The Morgan fingerprint density at radius 3 is 2.05 bits per heavy atom. The molecule has 4 aliphatic rings. The summed E-state index contributed by atoms with van der Waals surface area (Å²) in [5.74, 6) is 0.604. The molecule has 1 saturated heterocycles. The van der Waals surface area contributed by atoms with Gasteiger partial charge in [0.2, 0.25) is 0 Å². The molecule has 0 bridgehead atoms. The van der Waals surface area contributed by atoms with Gasteiger partial charge in [-0.2, -0.15) is 26.3 Å². The molecule has 3 aliphatic heterocycles. The third kappa shape index (κ3) is 2.66. The van der Waals surface area contributed by atoms with Gasteiger partial charge in [0.25, 0.3) is 0 Å². The molecule has 1 unspecified atom stereocenters. The topological polar surface area (TPSA) is 6.48 Å². The summed E-state index contributed by atoms with van der Waals surface area (Å²) < 4.78 is 91.7. The minimum Gasteiger partial charge on any atom is -0.328 e. The van der Waals surface area contributed by atoms with Crippen LogP contribution in [0.15, 0.2) is 77.5 Å². The van der Waals surface area contributed by atoms with E-state index in [1.165, 1.54) is 6.08 Å². The molecule has 0 aromatic heterocycles. The van der Waals surface area contributed by atoms with Crippen molar-refractivity contribution in [2.45, 2.75) is 46.1 Å². The van der Waals surface area contributed by atoms with Gasteiger partial charge in [-0.15, -0.1) is 0 Å². The molecular formula is C30H26F6N2. The van der Waals surface area contributed by atoms with E-state index in [0.29, 0.717) is 33.4 Å². The van der Waals surface area contributed by atoms with Crippen molar-refractivity contribution >= 4 is 17.1 Å². The number of alkyl halides is 6. The minimum atomic E-state index is -5.61. The number of piperidine rings is 1. The van der Waals surface area contributed by atoms with Crippen molar-refractivity contribution in [2.24, 2.45) is 10.8 Å². The minimum absolute atomic E-state index is 0.0269. The summed E-state index contributed by atoms with van der Waals surface area (Å²) in [6, 6.07) is 13.0. The van der Waals surface area contributed by atoms with E-state index in [2.05, 4.69) is 0 Å². The fourth-order valence-corrected chi connectivity index (χ4v) is 7.36. The average Bonchev–Trinajstić information content (AvgIpc) is 3.13. The van der Waals surface area contributed by atoms with Gasteiger partial charge < -0.3 is 9.80 Å². The van der Waals surface area contributed by atoms with Crippen molar-refractivity contribution < 1.29 is 26.3 Å². The third-order valence-corrected chi connectivity index (χ3v) is 8.76. The van der Waals surface area contributed by atoms with Crippen LogP contribution in [0.3, 0.4) is 0 Å². The van der Waals surface area contributed by atoms with E-state index in [-0.39, 0.29) is 5.70 Å². The van der Waals surface area contributed by atoms with Crippen LogP contribution in [0.5, 0.6) is 0 Å². The van der Waals surface area contributed by atoms with Gasteiger partial charge in [0.1, 0.15) is 5.82 Å². The molecule has 198 valence electrons. The summed E-state index contributed by atoms with van der Waals surface area (Å²) in [6.07, 6.45) is -8.74. The SMILES string of the molecule is CC1=CC=C2C3C1=c1cccc(C)c1=C1N(C)C(c4ccccc4)=C(N13)C(C)(C)C2(C(F)(F)F)C(F)(F)F. The molecule has 0 amide bonds. The number of benzene rings is 2. The van der Waals surface area contributed by atoms with Crippen molar-refractivity contribution in [3.63, 3.8) is 0 Å². The lowest BCUT2D eigenvalue weighted by Crippen LogP contribution is -2.69. The molecule has 1 aliphatic carbocycles. The average molecular weight is 529 g/mol. The quantitative estimate of drug-likeness (QED) is 0.404. The van der Waals surface area contributed by atoms with Crippen LogP contribution in [0.2, 0.25) is 0 Å². The first-order valence-electron chi connectivity index (χ1n) is 12.4. The van der Waals surface area contributed by atoms with Crippen LogP contribution in [0, 0.1) is 17.8 Å². The maximum Gasteiger partial charge on any atom is 0.407 e. The number of allylic oxidation sites excluding steroid dienone is 3. The van der Waals surface area contributed by atoms with E-state index in [0.717, 1.165) is 30.7 Å². The third-order valence-electron chi connectivity index (χ3n) is 8.76. The lowest BCUT2D eigenvalue weighted by atomic mass is 9.52. The Hall–Kier alpha value is -3.42. The number of hydrogen-bond acceptors (Lipinski definition) is 2. The second kappa shape index (κ2) is 7.36. The smallest absolute Gasteiger partial charge is 0.328 e. The first-order valence-corrected chi connectivity index (χ1v) is 12.4. The van der Waals surface area contributed by atoms with Crippen LogP contribution in [0.1, 0.15) is 31.9 Å². The highest BCUT2D eigenvalue weighted by molar-refractivity contribution is 5.88. The second-order valence-corrected chi connectivity index (χ2v) is 11.0. The summed E-state index contributed by atoms with van der Waals surface area (Å²) in [5, 5.41) is 1.49. The lowest BCUT2D eigenvalue weighted by molar-refractivity contribution is -0.359. The predicted octanol–water partition coefficient (Wildman–Crippen LogP) is 6.25. The van der Waals surface area contributed by atoms with Crippen molar-refractivity contribution in [1.82, 2.24) is 9.80 Å². The van der Waals surface area contributed by atoms with Gasteiger partial charge in [0.05, 0.1) is 17.4 Å². The van der Waals surface area contributed by atoms with E-state index in [9.17, 15) is 0 Å². The van der Waals surface area contributed by atoms with Crippen LogP contribution >= 0.6 is 0 Å². The largest absolute Gasteiger partial charge is 0.407 e. The van der Waals surface area contributed by atoms with Crippen molar-refractivity contribution in [3.8, 4) is 0 Å². The Kier molecular flexibility index (Phi) is 4.82. The predicted molar refractivity (Wildman–Crippen MR) is 134 cm³/mol. The number of halogens is 6. The molecule has 2 nitrogen and oxygen atoms in total. The highest BCUT2D eigenvalue weighted by Crippen LogP contribution is 2.73. The molecule has 3 heterocycles. The number of hydrogen-bond donors (Lipinski definition) is 0. The molecule has 1 atom stereocenters. The normalized spacial score (nSPS) is 23.3. The van der Waals surface area contributed by atoms with E-state index in [4.69, 9.17) is 0 Å². The number of fused-ring (bicyclic) bond motifs is 1. The molecule has 1 fully saturated rings.